The number of aromatic amines is 1. The van der Waals surface area contributed by atoms with E-state index in [9.17, 15) is 14.4 Å². The van der Waals surface area contributed by atoms with Gasteiger partial charge in [0, 0.05) is 33.9 Å². The number of halogens is 1. The number of carbonyl (C=O) groups is 2. The summed E-state index contributed by atoms with van der Waals surface area (Å²) in [5.74, 6) is -1.11. The van der Waals surface area contributed by atoms with Crippen molar-refractivity contribution in [2.75, 3.05) is 6.61 Å². The van der Waals surface area contributed by atoms with Gasteiger partial charge in [0.15, 0.2) is 12.3 Å². The summed E-state index contributed by atoms with van der Waals surface area (Å²) in [7, 11) is 0. The van der Waals surface area contributed by atoms with Gasteiger partial charge in [-0.3, -0.25) is 9.59 Å². The second kappa shape index (κ2) is 8.80. The molecule has 0 bridgehead atoms. The van der Waals surface area contributed by atoms with Crippen LogP contribution in [-0.2, 0) is 11.3 Å². The molecule has 0 aliphatic rings. The van der Waals surface area contributed by atoms with Gasteiger partial charge in [-0.25, -0.2) is 9.89 Å². The summed E-state index contributed by atoms with van der Waals surface area (Å²) < 4.78 is 7.22. The number of hydrogen-bond donors (Lipinski definition) is 1. The minimum absolute atomic E-state index is 0.0443. The molecule has 0 amide bonds. The lowest BCUT2D eigenvalue weighted by atomic mass is 10.1. The Labute approximate surface area is 188 Å². The zero-order valence-corrected chi connectivity index (χ0v) is 18.3. The van der Waals surface area contributed by atoms with E-state index in [0.29, 0.717) is 27.9 Å². The Kier molecular flexibility index (Phi) is 5.92. The summed E-state index contributed by atoms with van der Waals surface area (Å²) >= 11 is 6.28. The molecule has 162 valence electrons. The zero-order valence-electron chi connectivity index (χ0n) is 17.5. The highest BCUT2D eigenvalue weighted by Crippen LogP contribution is 2.22. The first-order valence-corrected chi connectivity index (χ1v) is 10.3. The van der Waals surface area contributed by atoms with Crippen molar-refractivity contribution < 1.29 is 14.3 Å². The Bertz CT molecular complexity index is 1400. The molecule has 0 aliphatic carbocycles. The third-order valence-corrected chi connectivity index (χ3v) is 5.75. The Morgan fingerprint density at radius 2 is 1.75 bits per heavy atom. The van der Waals surface area contributed by atoms with Crippen LogP contribution in [0.3, 0.4) is 0 Å². The van der Waals surface area contributed by atoms with Gasteiger partial charge in [0.25, 0.3) is 5.56 Å². The van der Waals surface area contributed by atoms with Gasteiger partial charge < -0.3 is 9.30 Å². The molecule has 2 heterocycles. The highest BCUT2D eigenvalue weighted by atomic mass is 35.5. The Morgan fingerprint density at radius 3 is 2.50 bits per heavy atom. The Morgan fingerprint density at radius 1 is 1.06 bits per heavy atom. The number of aromatic nitrogens is 3. The summed E-state index contributed by atoms with van der Waals surface area (Å²) in [5, 5.41) is 7.44. The van der Waals surface area contributed by atoms with Crippen LogP contribution in [0.4, 0.5) is 0 Å². The number of Topliss-reactive ketones (excluding diaryl/α,β-unsaturated/α-hetero) is 1. The summed E-state index contributed by atoms with van der Waals surface area (Å²) in [5.41, 5.74) is 2.62. The van der Waals surface area contributed by atoms with Crippen LogP contribution >= 0.6 is 11.6 Å². The molecule has 32 heavy (non-hydrogen) atoms. The molecule has 2 aromatic heterocycles. The SMILES string of the molecule is Cc1cc(C(=O)COC(=O)c2n[nH]c(=O)c3ccccc23)c(C)n1Cc1ccccc1Cl. The molecule has 0 fully saturated rings. The number of esters is 1. The molecular weight excluding hydrogens is 430 g/mol. The number of ketones is 1. The summed E-state index contributed by atoms with van der Waals surface area (Å²) in [6, 6.07) is 15.9. The normalized spacial score (nSPS) is 11.0. The van der Waals surface area contributed by atoms with Crippen molar-refractivity contribution in [3.05, 3.63) is 98.2 Å². The van der Waals surface area contributed by atoms with Crippen LogP contribution in [0.2, 0.25) is 5.02 Å². The van der Waals surface area contributed by atoms with Gasteiger partial charge in [0.2, 0.25) is 5.78 Å². The van der Waals surface area contributed by atoms with E-state index in [1.807, 2.05) is 42.7 Å². The second-order valence-corrected chi connectivity index (χ2v) is 7.82. The van der Waals surface area contributed by atoms with Crippen molar-refractivity contribution in [3.8, 4) is 0 Å². The molecule has 0 unspecified atom stereocenters. The number of nitrogens with zero attached hydrogens (tertiary/aromatic N) is 2. The van der Waals surface area contributed by atoms with Crippen molar-refractivity contribution in [1.82, 2.24) is 14.8 Å². The number of benzene rings is 2. The topological polar surface area (TPSA) is 94.1 Å². The lowest BCUT2D eigenvalue weighted by Gasteiger charge is -2.11. The molecule has 0 aliphatic heterocycles. The fraction of sp³-hybridized carbons (Fsp3) is 0.167. The average Bonchev–Trinajstić information content (AvgIpc) is 3.07. The Hall–Kier alpha value is -3.71. The number of aryl methyl sites for hydroxylation is 1. The molecule has 4 rings (SSSR count). The molecular formula is C24H20ClN3O4. The van der Waals surface area contributed by atoms with E-state index in [4.69, 9.17) is 16.3 Å². The highest BCUT2D eigenvalue weighted by molar-refractivity contribution is 6.31. The van der Waals surface area contributed by atoms with Crippen molar-refractivity contribution in [1.29, 1.82) is 0 Å². The molecule has 0 spiro atoms. The fourth-order valence-corrected chi connectivity index (χ4v) is 3.87. The van der Waals surface area contributed by atoms with Crippen molar-refractivity contribution in [2.24, 2.45) is 0 Å². The van der Waals surface area contributed by atoms with Gasteiger partial charge in [-0.1, -0.05) is 48.0 Å². The third kappa shape index (κ3) is 4.07. The maximum absolute atomic E-state index is 12.8. The second-order valence-electron chi connectivity index (χ2n) is 7.41. The monoisotopic (exact) mass is 449 g/mol. The first kappa shape index (κ1) is 21.5. The fourth-order valence-electron chi connectivity index (χ4n) is 3.67. The number of nitrogens with one attached hydrogen (secondary N) is 1. The van der Waals surface area contributed by atoms with Gasteiger partial charge in [-0.05, 0) is 37.6 Å². The van der Waals surface area contributed by atoms with E-state index >= 15 is 0 Å². The van der Waals surface area contributed by atoms with Crippen molar-refractivity contribution in [3.63, 3.8) is 0 Å². The number of rotatable bonds is 6. The number of carbonyl (C=O) groups excluding carboxylic acids is 2. The molecule has 0 saturated carbocycles. The molecule has 1 N–H and O–H groups in total. The minimum Gasteiger partial charge on any atom is -0.452 e. The van der Waals surface area contributed by atoms with Gasteiger partial charge >= 0.3 is 5.97 Å². The number of ether oxygens (including phenoxy) is 1. The van der Waals surface area contributed by atoms with E-state index in [-0.39, 0.29) is 11.5 Å². The van der Waals surface area contributed by atoms with E-state index in [2.05, 4.69) is 10.2 Å². The van der Waals surface area contributed by atoms with Crippen LogP contribution in [0.1, 0.15) is 37.8 Å². The Balaban J connectivity index is 1.52. The largest absolute Gasteiger partial charge is 0.452 e. The van der Waals surface area contributed by atoms with Crippen molar-refractivity contribution in [2.45, 2.75) is 20.4 Å². The lowest BCUT2D eigenvalue weighted by molar-refractivity contribution is 0.0469. The standard InChI is InChI=1S/C24H20ClN3O4/c1-14-11-19(15(2)28(14)12-16-7-3-6-10-20(16)25)21(29)13-32-24(31)22-17-8-4-5-9-18(17)23(30)27-26-22/h3-11H,12-13H2,1-2H3,(H,27,30). The summed E-state index contributed by atoms with van der Waals surface area (Å²) in [6.45, 7) is 3.83. The molecule has 0 saturated heterocycles. The molecule has 0 radical (unpaired) electrons. The van der Waals surface area contributed by atoms with E-state index < -0.39 is 18.1 Å². The zero-order chi connectivity index (χ0) is 22.8. The van der Waals surface area contributed by atoms with E-state index in [1.54, 1.807) is 30.3 Å². The summed E-state index contributed by atoms with van der Waals surface area (Å²) in [6.07, 6.45) is 0. The summed E-state index contributed by atoms with van der Waals surface area (Å²) in [4.78, 5) is 37.3. The molecule has 8 heteroatoms. The maximum atomic E-state index is 12.8. The number of fused-ring (bicyclic) bond motifs is 1. The van der Waals surface area contributed by atoms with Crippen molar-refractivity contribution >= 4 is 34.1 Å². The first-order chi connectivity index (χ1) is 15.4. The highest BCUT2D eigenvalue weighted by Gasteiger charge is 2.20. The molecule has 0 atom stereocenters. The van der Waals surface area contributed by atoms with Gasteiger partial charge in [0.05, 0.1) is 5.39 Å². The molecule has 4 aromatic rings. The smallest absolute Gasteiger partial charge is 0.359 e. The maximum Gasteiger partial charge on any atom is 0.359 e. The van der Waals surface area contributed by atoms with Gasteiger partial charge in [-0.2, -0.15) is 5.10 Å². The van der Waals surface area contributed by atoms with Crippen LogP contribution in [-0.4, -0.2) is 33.1 Å². The van der Waals surface area contributed by atoms with Gasteiger partial charge in [-0.15, -0.1) is 0 Å². The van der Waals surface area contributed by atoms with E-state index in [1.165, 1.54) is 0 Å². The van der Waals surface area contributed by atoms with Crippen LogP contribution in [0.5, 0.6) is 0 Å². The lowest BCUT2D eigenvalue weighted by Crippen LogP contribution is -2.19. The number of hydrogen-bond acceptors (Lipinski definition) is 5. The van der Waals surface area contributed by atoms with E-state index in [0.717, 1.165) is 17.0 Å². The molecule has 2 aromatic carbocycles. The van der Waals surface area contributed by atoms with Crippen LogP contribution in [0.25, 0.3) is 10.8 Å². The average molecular weight is 450 g/mol. The molecule has 7 nitrogen and oxygen atoms in total. The predicted molar refractivity (Wildman–Crippen MR) is 121 cm³/mol. The number of H-pyrrole nitrogens is 1. The first-order valence-electron chi connectivity index (χ1n) is 9.94. The van der Waals surface area contributed by atoms with Gasteiger partial charge in [0.1, 0.15) is 0 Å². The minimum atomic E-state index is -0.782. The van der Waals surface area contributed by atoms with Crippen LogP contribution < -0.4 is 5.56 Å². The third-order valence-electron chi connectivity index (χ3n) is 5.38. The quantitative estimate of drug-likeness (QED) is 0.353. The van der Waals surface area contributed by atoms with Crippen LogP contribution in [0, 0.1) is 13.8 Å². The van der Waals surface area contributed by atoms with Crippen LogP contribution in [0.15, 0.2) is 59.4 Å². The predicted octanol–water partition coefficient (Wildman–Crippen LogP) is 4.08.